The van der Waals surface area contributed by atoms with Crippen LogP contribution in [0.25, 0.3) is 0 Å². The molecule has 0 atom stereocenters. The Bertz CT molecular complexity index is 294. The van der Waals surface area contributed by atoms with E-state index in [1.807, 2.05) is 20.9 Å². The minimum atomic E-state index is 0.229. The largest absolute Gasteiger partial charge is 0.491 e. The zero-order valence-electron chi connectivity index (χ0n) is 9.42. The second-order valence-electron chi connectivity index (χ2n) is 3.81. The van der Waals surface area contributed by atoms with E-state index in [0.717, 1.165) is 12.3 Å². The first-order valence-corrected chi connectivity index (χ1v) is 5.04. The Morgan fingerprint density at radius 3 is 2.64 bits per heavy atom. The van der Waals surface area contributed by atoms with E-state index in [1.165, 1.54) is 11.1 Å². The Morgan fingerprint density at radius 2 is 2.07 bits per heavy atom. The summed E-state index contributed by atoms with van der Waals surface area (Å²) in [6.07, 6.45) is 0.229. The Kier molecular flexibility index (Phi) is 3.96. The van der Waals surface area contributed by atoms with Gasteiger partial charge in [-0.3, -0.25) is 0 Å². The van der Waals surface area contributed by atoms with Crippen LogP contribution in [0.4, 0.5) is 0 Å². The fraction of sp³-hybridized carbons (Fsp3) is 0.500. The molecule has 0 aliphatic heterocycles. The quantitative estimate of drug-likeness (QED) is 0.793. The van der Waals surface area contributed by atoms with Gasteiger partial charge in [-0.1, -0.05) is 12.1 Å². The zero-order chi connectivity index (χ0) is 10.6. The van der Waals surface area contributed by atoms with Gasteiger partial charge in [-0.25, -0.2) is 0 Å². The van der Waals surface area contributed by atoms with E-state index in [0.29, 0.717) is 0 Å². The van der Waals surface area contributed by atoms with Crippen LogP contribution in [0.2, 0.25) is 0 Å². The van der Waals surface area contributed by atoms with Crippen LogP contribution >= 0.6 is 0 Å². The van der Waals surface area contributed by atoms with E-state index in [-0.39, 0.29) is 6.10 Å². The molecule has 14 heavy (non-hydrogen) atoms. The summed E-state index contributed by atoms with van der Waals surface area (Å²) in [6.45, 7) is 7.02. The highest BCUT2D eigenvalue weighted by atomic mass is 16.5. The molecule has 78 valence electrons. The monoisotopic (exact) mass is 193 g/mol. The summed E-state index contributed by atoms with van der Waals surface area (Å²) in [5, 5.41) is 3.14. The lowest BCUT2D eigenvalue weighted by Crippen LogP contribution is -2.11. The second-order valence-corrected chi connectivity index (χ2v) is 3.81. The van der Waals surface area contributed by atoms with Crippen LogP contribution in [0.5, 0.6) is 5.75 Å². The van der Waals surface area contributed by atoms with Crippen molar-refractivity contribution in [2.45, 2.75) is 33.4 Å². The highest BCUT2D eigenvalue weighted by Crippen LogP contribution is 2.21. The maximum absolute atomic E-state index is 5.74. The maximum Gasteiger partial charge on any atom is 0.124 e. The van der Waals surface area contributed by atoms with Crippen molar-refractivity contribution >= 4 is 0 Å². The summed E-state index contributed by atoms with van der Waals surface area (Å²) in [7, 11) is 1.94. The first-order chi connectivity index (χ1) is 6.63. The van der Waals surface area contributed by atoms with Gasteiger partial charge in [-0.05, 0) is 39.4 Å². The SMILES string of the molecule is CNCc1ccc(C)cc1OC(C)C. The minimum absolute atomic E-state index is 0.229. The fourth-order valence-corrected chi connectivity index (χ4v) is 1.36. The maximum atomic E-state index is 5.74. The highest BCUT2D eigenvalue weighted by Gasteiger charge is 2.04. The van der Waals surface area contributed by atoms with Crippen LogP contribution in [-0.2, 0) is 6.54 Å². The Labute approximate surface area is 86.3 Å². The average molecular weight is 193 g/mol. The number of hydrogen-bond acceptors (Lipinski definition) is 2. The number of aryl methyl sites for hydroxylation is 1. The molecule has 1 N–H and O–H groups in total. The standard InChI is InChI=1S/C12H19NO/c1-9(2)14-12-7-10(3)5-6-11(12)8-13-4/h5-7,9,13H,8H2,1-4H3. The minimum Gasteiger partial charge on any atom is -0.491 e. The Morgan fingerprint density at radius 1 is 1.36 bits per heavy atom. The molecule has 0 spiro atoms. The molecule has 2 nitrogen and oxygen atoms in total. The van der Waals surface area contributed by atoms with Crippen LogP contribution in [0.1, 0.15) is 25.0 Å². The molecule has 0 heterocycles. The van der Waals surface area contributed by atoms with Crippen molar-refractivity contribution in [2.75, 3.05) is 7.05 Å². The van der Waals surface area contributed by atoms with E-state index in [2.05, 4.69) is 30.4 Å². The van der Waals surface area contributed by atoms with Crippen molar-refractivity contribution < 1.29 is 4.74 Å². The Balaban J connectivity index is 2.90. The zero-order valence-corrected chi connectivity index (χ0v) is 9.42. The molecule has 0 aliphatic carbocycles. The molecule has 1 aromatic carbocycles. The molecule has 2 heteroatoms. The van der Waals surface area contributed by atoms with E-state index < -0.39 is 0 Å². The lowest BCUT2D eigenvalue weighted by molar-refractivity contribution is 0.239. The third-order valence-electron chi connectivity index (χ3n) is 1.95. The van der Waals surface area contributed by atoms with E-state index in [4.69, 9.17) is 4.74 Å². The number of hydrogen-bond donors (Lipinski definition) is 1. The number of rotatable bonds is 4. The van der Waals surface area contributed by atoms with Gasteiger partial charge >= 0.3 is 0 Å². The third kappa shape index (κ3) is 3.04. The lowest BCUT2D eigenvalue weighted by atomic mass is 10.1. The number of ether oxygens (including phenoxy) is 1. The summed E-state index contributed by atoms with van der Waals surface area (Å²) in [4.78, 5) is 0. The summed E-state index contributed by atoms with van der Waals surface area (Å²) in [6, 6.07) is 6.32. The van der Waals surface area contributed by atoms with Crippen LogP contribution in [0, 0.1) is 6.92 Å². The third-order valence-corrected chi connectivity index (χ3v) is 1.95. The van der Waals surface area contributed by atoms with Gasteiger partial charge in [0.05, 0.1) is 6.10 Å². The number of benzene rings is 1. The molecule has 0 aromatic heterocycles. The average Bonchev–Trinajstić information content (AvgIpc) is 2.09. The van der Waals surface area contributed by atoms with Gasteiger partial charge in [0.25, 0.3) is 0 Å². The highest BCUT2D eigenvalue weighted by molar-refractivity contribution is 5.37. The van der Waals surface area contributed by atoms with Crippen LogP contribution < -0.4 is 10.1 Å². The molecule has 0 unspecified atom stereocenters. The molecule has 0 saturated carbocycles. The predicted molar refractivity (Wildman–Crippen MR) is 59.7 cm³/mol. The molecule has 1 aromatic rings. The molecule has 1 rings (SSSR count). The van der Waals surface area contributed by atoms with Gasteiger partial charge < -0.3 is 10.1 Å². The van der Waals surface area contributed by atoms with Crippen molar-refractivity contribution in [2.24, 2.45) is 0 Å². The molecule has 0 fully saturated rings. The smallest absolute Gasteiger partial charge is 0.124 e. The van der Waals surface area contributed by atoms with Crippen molar-refractivity contribution in [3.8, 4) is 5.75 Å². The second kappa shape index (κ2) is 5.01. The van der Waals surface area contributed by atoms with E-state index in [9.17, 15) is 0 Å². The van der Waals surface area contributed by atoms with Gasteiger partial charge in [0.2, 0.25) is 0 Å². The topological polar surface area (TPSA) is 21.3 Å². The van der Waals surface area contributed by atoms with Gasteiger partial charge in [0, 0.05) is 12.1 Å². The van der Waals surface area contributed by atoms with Crippen molar-refractivity contribution in [1.82, 2.24) is 5.32 Å². The van der Waals surface area contributed by atoms with Crippen LogP contribution in [0.3, 0.4) is 0 Å². The van der Waals surface area contributed by atoms with Crippen molar-refractivity contribution in [3.63, 3.8) is 0 Å². The molecule has 0 saturated heterocycles. The lowest BCUT2D eigenvalue weighted by Gasteiger charge is -2.14. The first-order valence-electron chi connectivity index (χ1n) is 5.04. The molecule has 0 bridgehead atoms. The number of nitrogens with one attached hydrogen (secondary N) is 1. The first kappa shape index (κ1) is 11.1. The van der Waals surface area contributed by atoms with Gasteiger partial charge in [-0.2, -0.15) is 0 Å². The molecule has 0 amide bonds. The fourth-order valence-electron chi connectivity index (χ4n) is 1.36. The van der Waals surface area contributed by atoms with E-state index >= 15 is 0 Å². The Hall–Kier alpha value is -1.02. The molecule has 0 aliphatic rings. The normalized spacial score (nSPS) is 10.6. The summed E-state index contributed by atoms with van der Waals surface area (Å²) >= 11 is 0. The van der Waals surface area contributed by atoms with E-state index in [1.54, 1.807) is 0 Å². The van der Waals surface area contributed by atoms with Crippen molar-refractivity contribution in [1.29, 1.82) is 0 Å². The van der Waals surface area contributed by atoms with Crippen LogP contribution in [0.15, 0.2) is 18.2 Å². The molecular formula is C12H19NO. The molecular weight excluding hydrogens is 174 g/mol. The predicted octanol–water partition coefficient (Wildman–Crippen LogP) is 2.50. The summed E-state index contributed by atoms with van der Waals surface area (Å²) in [5.41, 5.74) is 2.45. The van der Waals surface area contributed by atoms with Crippen molar-refractivity contribution in [3.05, 3.63) is 29.3 Å². The summed E-state index contributed by atoms with van der Waals surface area (Å²) < 4.78 is 5.74. The van der Waals surface area contributed by atoms with Crippen LogP contribution in [-0.4, -0.2) is 13.2 Å². The van der Waals surface area contributed by atoms with Gasteiger partial charge in [0.15, 0.2) is 0 Å². The van der Waals surface area contributed by atoms with Gasteiger partial charge in [-0.15, -0.1) is 0 Å². The van der Waals surface area contributed by atoms with Gasteiger partial charge in [0.1, 0.15) is 5.75 Å². The summed E-state index contributed by atoms with van der Waals surface area (Å²) in [5.74, 6) is 0.995. The molecule has 0 radical (unpaired) electrons.